The molecule has 0 spiro atoms. The highest BCUT2D eigenvalue weighted by molar-refractivity contribution is 5.65. The van der Waals surface area contributed by atoms with Gasteiger partial charge >= 0.3 is 0 Å². The van der Waals surface area contributed by atoms with E-state index in [9.17, 15) is 0 Å². The molecule has 1 saturated heterocycles. The molecule has 0 aliphatic carbocycles. The molecule has 0 amide bonds. The Bertz CT molecular complexity index is 1270. The Hall–Kier alpha value is -2.99. The molecule has 2 aliphatic heterocycles. The Morgan fingerprint density at radius 3 is 2.77 bits per heavy atom. The van der Waals surface area contributed by atoms with Crippen LogP contribution >= 0.6 is 0 Å². The van der Waals surface area contributed by atoms with Crippen molar-refractivity contribution in [1.29, 1.82) is 0 Å². The van der Waals surface area contributed by atoms with Gasteiger partial charge in [-0.15, -0.1) is 0 Å². The van der Waals surface area contributed by atoms with Crippen LogP contribution in [0.3, 0.4) is 0 Å². The Morgan fingerprint density at radius 1 is 1.07 bits per heavy atom. The van der Waals surface area contributed by atoms with Crippen molar-refractivity contribution < 1.29 is 0 Å². The van der Waals surface area contributed by atoms with E-state index in [0.29, 0.717) is 12.1 Å². The number of benzene rings is 1. The van der Waals surface area contributed by atoms with Crippen molar-refractivity contribution in [2.24, 2.45) is 7.05 Å². The van der Waals surface area contributed by atoms with Gasteiger partial charge in [-0.05, 0) is 32.8 Å². The average Bonchev–Trinajstić information content (AvgIpc) is 3.39. The molecule has 2 aliphatic rings. The fourth-order valence-electron chi connectivity index (χ4n) is 5.26. The molecule has 6 nitrogen and oxygen atoms in total. The highest BCUT2D eigenvalue weighted by Crippen LogP contribution is 2.44. The van der Waals surface area contributed by atoms with Gasteiger partial charge in [-0.2, -0.15) is 5.10 Å². The molecule has 0 saturated carbocycles. The molecule has 5 heterocycles. The molecular formula is C24H26N6. The first-order valence-electron chi connectivity index (χ1n) is 10.8. The van der Waals surface area contributed by atoms with Gasteiger partial charge in [0.25, 0.3) is 0 Å². The Morgan fingerprint density at radius 2 is 1.97 bits per heavy atom. The first-order chi connectivity index (χ1) is 14.6. The average molecular weight is 399 g/mol. The molecule has 0 radical (unpaired) electrons. The second-order valence-corrected chi connectivity index (χ2v) is 8.81. The first-order valence-corrected chi connectivity index (χ1v) is 10.8. The number of hydrogen-bond acceptors (Lipinski definition) is 4. The Labute approximate surface area is 176 Å². The fraction of sp³-hybridized carbons (Fsp3) is 0.375. The third-order valence-electron chi connectivity index (χ3n) is 7.02. The number of rotatable bonds is 3. The smallest absolute Gasteiger partial charge is 0.155 e. The van der Waals surface area contributed by atoms with Crippen LogP contribution in [-0.4, -0.2) is 35.1 Å². The van der Waals surface area contributed by atoms with Gasteiger partial charge in [0, 0.05) is 61.7 Å². The summed E-state index contributed by atoms with van der Waals surface area (Å²) < 4.78 is 4.31. The lowest BCUT2D eigenvalue weighted by molar-refractivity contribution is 0.161. The van der Waals surface area contributed by atoms with Crippen LogP contribution in [0.4, 0.5) is 0 Å². The molecule has 30 heavy (non-hydrogen) atoms. The maximum Gasteiger partial charge on any atom is 0.155 e. The zero-order valence-electron chi connectivity index (χ0n) is 17.7. The SMILES string of the molecule is Cc1cccc(-c2cc3ncc4c(n3n2)C[C@H]2CC[C@@H]4N2Cc2cnc(C)n2C)c1. The highest BCUT2D eigenvalue weighted by atomic mass is 15.3. The van der Waals surface area contributed by atoms with E-state index in [4.69, 9.17) is 10.1 Å². The van der Waals surface area contributed by atoms with Crippen LogP contribution in [0.5, 0.6) is 0 Å². The predicted octanol–water partition coefficient (Wildman–Crippen LogP) is 4.01. The van der Waals surface area contributed by atoms with Gasteiger partial charge < -0.3 is 4.57 Å². The zero-order chi connectivity index (χ0) is 20.4. The molecule has 6 heteroatoms. The first kappa shape index (κ1) is 17.8. The van der Waals surface area contributed by atoms with Gasteiger partial charge in [0.05, 0.1) is 17.1 Å². The van der Waals surface area contributed by atoms with Crippen molar-refractivity contribution in [3.05, 3.63) is 71.1 Å². The topological polar surface area (TPSA) is 51.2 Å². The molecule has 3 aromatic heterocycles. The zero-order valence-corrected chi connectivity index (χ0v) is 17.7. The molecule has 152 valence electrons. The number of aryl methyl sites for hydroxylation is 2. The van der Waals surface area contributed by atoms with E-state index in [-0.39, 0.29) is 0 Å². The summed E-state index contributed by atoms with van der Waals surface area (Å²) in [5.74, 6) is 1.07. The normalized spacial score (nSPS) is 20.8. The van der Waals surface area contributed by atoms with E-state index in [0.717, 1.165) is 35.7 Å². The van der Waals surface area contributed by atoms with Crippen molar-refractivity contribution in [2.75, 3.05) is 0 Å². The van der Waals surface area contributed by atoms with Crippen molar-refractivity contribution in [3.63, 3.8) is 0 Å². The number of nitrogens with zero attached hydrogens (tertiary/aromatic N) is 6. The van der Waals surface area contributed by atoms with Crippen molar-refractivity contribution in [3.8, 4) is 11.3 Å². The summed E-state index contributed by atoms with van der Waals surface area (Å²) in [5.41, 5.74) is 8.31. The van der Waals surface area contributed by atoms with Gasteiger partial charge in [-0.1, -0.05) is 23.8 Å². The summed E-state index contributed by atoms with van der Waals surface area (Å²) in [5, 5.41) is 4.98. The standard InChI is InChI=1S/C24H26N6/c1-15-5-4-6-17(9-15)21-11-24-26-13-20-22-8-7-18(10-23(20)30(24)27-21)29(22)14-19-12-25-16(2)28(19)3/h4-6,9,11-13,18,22H,7-8,10,14H2,1-3H3/t18-,22+/m1/s1. The lowest BCUT2D eigenvalue weighted by atomic mass is 9.99. The summed E-state index contributed by atoms with van der Waals surface area (Å²) in [4.78, 5) is 11.9. The van der Waals surface area contributed by atoms with E-state index in [1.165, 1.54) is 35.4 Å². The maximum atomic E-state index is 4.98. The van der Waals surface area contributed by atoms with Crippen LogP contribution in [0.25, 0.3) is 16.9 Å². The second-order valence-electron chi connectivity index (χ2n) is 8.81. The van der Waals surface area contributed by atoms with Crippen LogP contribution in [0.15, 0.2) is 42.7 Å². The summed E-state index contributed by atoms with van der Waals surface area (Å²) in [6.45, 7) is 5.13. The molecule has 0 N–H and O–H groups in total. The van der Waals surface area contributed by atoms with E-state index < -0.39 is 0 Å². The van der Waals surface area contributed by atoms with Crippen LogP contribution in [-0.2, 0) is 20.0 Å². The fourth-order valence-corrected chi connectivity index (χ4v) is 5.26. The van der Waals surface area contributed by atoms with Gasteiger partial charge in [0.1, 0.15) is 5.82 Å². The number of hydrogen-bond donors (Lipinski definition) is 0. The quantitative estimate of drug-likeness (QED) is 0.523. The van der Waals surface area contributed by atoms with Crippen LogP contribution in [0.1, 0.15) is 47.2 Å². The molecule has 6 rings (SSSR count). The second kappa shape index (κ2) is 6.51. The lowest BCUT2D eigenvalue weighted by Gasteiger charge is -2.36. The molecule has 1 fully saturated rings. The van der Waals surface area contributed by atoms with Crippen molar-refractivity contribution in [1.82, 2.24) is 29.0 Å². The lowest BCUT2D eigenvalue weighted by Crippen LogP contribution is -2.38. The summed E-state index contributed by atoms with van der Waals surface area (Å²) in [7, 11) is 2.11. The van der Waals surface area contributed by atoms with Crippen LogP contribution in [0, 0.1) is 13.8 Å². The molecule has 2 atom stereocenters. The monoisotopic (exact) mass is 398 g/mol. The highest BCUT2D eigenvalue weighted by Gasteiger charge is 2.41. The third-order valence-corrected chi connectivity index (χ3v) is 7.02. The maximum absolute atomic E-state index is 4.98. The van der Waals surface area contributed by atoms with Crippen molar-refractivity contribution >= 4 is 5.65 Å². The largest absolute Gasteiger partial charge is 0.334 e. The predicted molar refractivity (Wildman–Crippen MR) is 116 cm³/mol. The number of fused-ring (bicyclic) bond motifs is 6. The van der Waals surface area contributed by atoms with Gasteiger partial charge in [0.15, 0.2) is 5.65 Å². The third kappa shape index (κ3) is 2.63. The summed E-state index contributed by atoms with van der Waals surface area (Å²) in [6.07, 6.45) is 7.56. The van der Waals surface area contributed by atoms with E-state index >= 15 is 0 Å². The van der Waals surface area contributed by atoms with Gasteiger partial charge in [0.2, 0.25) is 0 Å². The number of imidazole rings is 1. The van der Waals surface area contributed by atoms with Crippen LogP contribution < -0.4 is 0 Å². The molecule has 4 aromatic rings. The van der Waals surface area contributed by atoms with E-state index in [1.807, 2.05) is 6.20 Å². The van der Waals surface area contributed by atoms with E-state index in [2.05, 4.69) is 76.4 Å². The van der Waals surface area contributed by atoms with Crippen LogP contribution in [0.2, 0.25) is 0 Å². The molecular weight excluding hydrogens is 372 g/mol. The minimum absolute atomic E-state index is 0.414. The number of aromatic nitrogens is 5. The molecule has 2 bridgehead atoms. The Kier molecular flexibility index (Phi) is 3.87. The van der Waals surface area contributed by atoms with Crippen molar-refractivity contribution in [2.45, 2.75) is 51.7 Å². The minimum Gasteiger partial charge on any atom is -0.334 e. The van der Waals surface area contributed by atoms with Gasteiger partial charge in [-0.25, -0.2) is 14.5 Å². The molecule has 0 unspecified atom stereocenters. The molecule has 1 aromatic carbocycles. The summed E-state index contributed by atoms with van der Waals surface area (Å²) in [6, 6.07) is 11.6. The van der Waals surface area contributed by atoms with E-state index in [1.54, 1.807) is 0 Å². The van der Waals surface area contributed by atoms with Gasteiger partial charge in [-0.3, -0.25) is 4.90 Å². The minimum atomic E-state index is 0.414. The Balaban J connectivity index is 1.39. The summed E-state index contributed by atoms with van der Waals surface area (Å²) >= 11 is 0.